The summed E-state index contributed by atoms with van der Waals surface area (Å²) in [6.07, 6.45) is -2.99. The Morgan fingerprint density at radius 2 is 1.55 bits per heavy atom. The third-order valence-corrected chi connectivity index (χ3v) is 9.94. The van der Waals surface area contributed by atoms with Gasteiger partial charge in [-0.2, -0.15) is 0 Å². The number of carbonyl (C=O) groups excluding carboxylic acids is 3. The summed E-state index contributed by atoms with van der Waals surface area (Å²) in [7, 11) is 0. The molecule has 0 saturated carbocycles. The summed E-state index contributed by atoms with van der Waals surface area (Å²) in [5.74, 6) is -0.550. The molecule has 1 fully saturated rings. The van der Waals surface area contributed by atoms with Crippen LogP contribution in [0.2, 0.25) is 0 Å². The van der Waals surface area contributed by atoms with Crippen LogP contribution in [0, 0.1) is 0 Å². The summed E-state index contributed by atoms with van der Waals surface area (Å²) in [6.45, 7) is 6.26. The van der Waals surface area contributed by atoms with Crippen LogP contribution in [-0.2, 0) is 16.1 Å². The monoisotopic (exact) mass is 749 g/mol. The zero-order chi connectivity index (χ0) is 39.1. The van der Waals surface area contributed by atoms with Gasteiger partial charge in [0.2, 0.25) is 0 Å². The summed E-state index contributed by atoms with van der Waals surface area (Å²) < 4.78 is 7.44. The number of imidazole rings is 1. The number of fused-ring (bicyclic) bond motifs is 1. The van der Waals surface area contributed by atoms with E-state index in [1.807, 2.05) is 56.3 Å². The number of aromatic nitrogens is 4. The minimum absolute atomic E-state index is 0.0193. The first kappa shape index (κ1) is 38.8. The van der Waals surface area contributed by atoms with Crippen molar-refractivity contribution < 1.29 is 29.3 Å². The average molecular weight is 750 g/mol. The zero-order valence-electron chi connectivity index (χ0n) is 31.0. The molecule has 1 aliphatic rings. The van der Waals surface area contributed by atoms with Crippen LogP contribution in [0.25, 0.3) is 11.2 Å². The van der Waals surface area contributed by atoms with Crippen LogP contribution in [0.1, 0.15) is 66.6 Å². The van der Waals surface area contributed by atoms with Crippen LogP contribution in [-0.4, -0.2) is 96.0 Å². The number of hydrogen-bond acceptors (Lipinski definition) is 10. The van der Waals surface area contributed by atoms with Gasteiger partial charge in [0.1, 0.15) is 12.2 Å². The number of nitrogens with zero attached hydrogens (tertiary/aromatic N) is 5. The summed E-state index contributed by atoms with van der Waals surface area (Å²) >= 11 is 0. The Labute approximate surface area is 318 Å². The Bertz CT molecular complexity index is 2040. The molecule has 6 rings (SSSR count). The molecule has 0 spiro atoms. The fraction of sp³-hybridized carbons (Fsp3) is 0.350. The van der Waals surface area contributed by atoms with Crippen LogP contribution in [0.15, 0.2) is 97.3 Å². The zero-order valence-corrected chi connectivity index (χ0v) is 31.0. The largest absolute Gasteiger partial charge is 0.387 e. The summed E-state index contributed by atoms with van der Waals surface area (Å²) in [6, 6.07) is 28.4. The summed E-state index contributed by atoms with van der Waals surface area (Å²) in [5.41, 5.74) is 7.11. The summed E-state index contributed by atoms with van der Waals surface area (Å²) in [5, 5.41) is 31.1. The lowest BCUT2D eigenvalue weighted by Gasteiger charge is -2.27. The molecule has 15 heteroatoms. The van der Waals surface area contributed by atoms with Crippen molar-refractivity contribution in [1.82, 2.24) is 35.1 Å². The van der Waals surface area contributed by atoms with Crippen molar-refractivity contribution in [3.05, 3.63) is 120 Å². The topological polar surface area (TPSA) is 210 Å². The van der Waals surface area contributed by atoms with Gasteiger partial charge in [-0.25, -0.2) is 19.7 Å². The molecule has 15 nitrogen and oxygen atoms in total. The van der Waals surface area contributed by atoms with Gasteiger partial charge >= 0.3 is 6.03 Å². The van der Waals surface area contributed by atoms with Crippen molar-refractivity contribution in [2.45, 2.75) is 69.7 Å². The van der Waals surface area contributed by atoms with E-state index in [0.717, 1.165) is 11.1 Å². The molecular weight excluding hydrogens is 702 g/mol. The molecule has 0 bridgehead atoms. The lowest BCUT2D eigenvalue weighted by molar-refractivity contribution is -0.155. The maximum absolute atomic E-state index is 13.1. The van der Waals surface area contributed by atoms with E-state index in [4.69, 9.17) is 15.5 Å². The number of urea groups is 1. The van der Waals surface area contributed by atoms with Gasteiger partial charge in [0.25, 0.3) is 11.8 Å². The Kier molecular flexibility index (Phi) is 12.0. The number of primary amides is 1. The Balaban J connectivity index is 1.24. The number of nitrogens with two attached hydrogens (primary N) is 1. The van der Waals surface area contributed by atoms with Crippen molar-refractivity contribution in [2.24, 2.45) is 5.73 Å². The van der Waals surface area contributed by atoms with Gasteiger partial charge in [-0.15, -0.1) is 0 Å². The van der Waals surface area contributed by atoms with Crippen LogP contribution < -0.4 is 21.7 Å². The second-order valence-electron chi connectivity index (χ2n) is 13.7. The first-order valence-electron chi connectivity index (χ1n) is 18.3. The molecule has 3 aromatic carbocycles. The molecule has 55 heavy (non-hydrogen) atoms. The molecule has 0 aliphatic carbocycles. The van der Waals surface area contributed by atoms with E-state index >= 15 is 0 Å². The van der Waals surface area contributed by atoms with E-state index in [9.17, 15) is 24.6 Å². The lowest BCUT2D eigenvalue weighted by atomic mass is 9.91. The Hall–Kier alpha value is -5.90. The molecule has 1 saturated heterocycles. The van der Waals surface area contributed by atoms with Crippen molar-refractivity contribution >= 4 is 34.8 Å². The second-order valence-corrected chi connectivity index (χ2v) is 13.7. The van der Waals surface area contributed by atoms with Gasteiger partial charge in [0.05, 0.1) is 12.9 Å². The summed E-state index contributed by atoms with van der Waals surface area (Å²) in [4.78, 5) is 54.3. The fourth-order valence-corrected chi connectivity index (χ4v) is 6.88. The minimum atomic E-state index is -1.83. The average Bonchev–Trinajstić information content (AvgIpc) is 3.74. The third-order valence-electron chi connectivity index (χ3n) is 9.94. The molecule has 4 atom stereocenters. The number of rotatable bonds is 15. The van der Waals surface area contributed by atoms with E-state index in [-0.39, 0.29) is 48.8 Å². The van der Waals surface area contributed by atoms with Crippen molar-refractivity contribution in [1.29, 1.82) is 0 Å². The smallest absolute Gasteiger partial charge is 0.315 e. The second kappa shape index (κ2) is 17.1. The van der Waals surface area contributed by atoms with E-state index in [0.29, 0.717) is 30.0 Å². The van der Waals surface area contributed by atoms with Crippen molar-refractivity contribution in [3.63, 3.8) is 0 Å². The first-order valence-corrected chi connectivity index (χ1v) is 18.3. The van der Waals surface area contributed by atoms with Crippen LogP contribution in [0.4, 0.5) is 10.6 Å². The van der Waals surface area contributed by atoms with Crippen LogP contribution >= 0.6 is 0 Å². The van der Waals surface area contributed by atoms with Gasteiger partial charge in [-0.1, -0.05) is 85.8 Å². The normalized spacial score (nSPS) is 19.4. The molecule has 5 aromatic rings. The number of amides is 4. The van der Waals surface area contributed by atoms with E-state index < -0.39 is 36.0 Å². The highest BCUT2D eigenvalue weighted by Gasteiger charge is 2.58. The molecule has 0 radical (unpaired) electrons. The van der Waals surface area contributed by atoms with Crippen molar-refractivity contribution in [2.75, 3.05) is 25.0 Å². The molecule has 288 valence electrons. The number of anilines is 1. The third kappa shape index (κ3) is 8.28. The number of ether oxygens (including phenoxy) is 1. The molecule has 3 heterocycles. The minimum Gasteiger partial charge on any atom is -0.387 e. The Morgan fingerprint density at radius 1 is 0.927 bits per heavy atom. The quantitative estimate of drug-likeness (QED) is 0.0920. The fourth-order valence-electron chi connectivity index (χ4n) is 6.88. The molecule has 7 N–H and O–H groups in total. The van der Waals surface area contributed by atoms with E-state index in [1.165, 1.54) is 10.9 Å². The number of benzene rings is 3. The maximum atomic E-state index is 13.1. The number of aliphatic hydroxyl groups excluding tert-OH is 2. The molecule has 2 aromatic heterocycles. The van der Waals surface area contributed by atoms with E-state index in [1.54, 1.807) is 36.1 Å². The molecule has 1 aliphatic heterocycles. The predicted octanol–water partition coefficient (Wildman–Crippen LogP) is 3.31. The van der Waals surface area contributed by atoms with Gasteiger partial charge < -0.3 is 41.5 Å². The van der Waals surface area contributed by atoms with Gasteiger partial charge in [-0.3, -0.25) is 14.2 Å². The van der Waals surface area contributed by atoms with Crippen LogP contribution in [0.3, 0.4) is 0 Å². The van der Waals surface area contributed by atoms with Gasteiger partial charge in [-0.05, 0) is 43.5 Å². The molecule has 0 unspecified atom stereocenters. The van der Waals surface area contributed by atoms with Gasteiger partial charge in [0.15, 0.2) is 34.6 Å². The maximum Gasteiger partial charge on any atom is 0.315 e. The molecule has 4 amide bonds. The standard InChI is InChI=1S/C40H47N9O6/c1-4-40(38(41)53)33(51)32(50)37(55-40)49-24-45-31-34(43-22-29(26-14-8-5-9-15-26)27-16-10-6-11-17-27)46-30(47-35(31)49)23-44-39(54)42-20-21-48(25(2)3)36(52)28-18-12-7-13-19-28/h5-19,24-25,29,32-33,37,50-51H,4,20-23H2,1-3H3,(H2,41,53)(H2,42,44,54)(H,43,46,47)/t32-,33+,37-,40+/m1/s1. The number of hydrogen-bond donors (Lipinski definition) is 6. The highest BCUT2D eigenvalue weighted by atomic mass is 16.6. The Morgan fingerprint density at radius 3 is 2.11 bits per heavy atom. The van der Waals surface area contributed by atoms with Crippen LogP contribution in [0.5, 0.6) is 0 Å². The lowest BCUT2D eigenvalue weighted by Crippen LogP contribution is -2.52. The highest BCUT2D eigenvalue weighted by molar-refractivity contribution is 5.94. The van der Waals surface area contributed by atoms with Crippen molar-refractivity contribution in [3.8, 4) is 0 Å². The first-order chi connectivity index (χ1) is 26.5. The van der Waals surface area contributed by atoms with E-state index in [2.05, 4.69) is 50.2 Å². The number of aliphatic hydroxyl groups is 2. The number of nitrogens with one attached hydrogen (secondary N) is 3. The predicted molar refractivity (Wildman–Crippen MR) is 206 cm³/mol. The van der Waals surface area contributed by atoms with Gasteiger partial charge in [0, 0.05) is 37.2 Å². The highest BCUT2D eigenvalue weighted by Crippen LogP contribution is 2.40. The molecular formula is C40H47N9O6. The SMILES string of the molecule is CC[C@]1(C(N)=O)O[C@@H](n2cnc3c(NCC(c4ccccc4)c4ccccc4)nc(CNC(=O)NCCN(C(=O)c4ccccc4)C(C)C)nc32)[C@H](O)[C@@H]1O. The number of carbonyl (C=O) groups is 3.